The Labute approximate surface area is 151 Å². The molecule has 1 saturated carbocycles. The Morgan fingerprint density at radius 1 is 1.04 bits per heavy atom. The smallest absolute Gasteiger partial charge is 0.406 e. The minimum Gasteiger partial charge on any atom is -0.406 e. The summed E-state index contributed by atoms with van der Waals surface area (Å²) in [6.45, 7) is 1.37. The maximum Gasteiger partial charge on any atom is 0.573 e. The molecule has 1 fully saturated rings. The lowest BCUT2D eigenvalue weighted by atomic mass is 10.1. The third-order valence-corrected chi connectivity index (χ3v) is 4.63. The molecule has 2 aromatic rings. The van der Waals surface area contributed by atoms with E-state index in [9.17, 15) is 13.2 Å². The van der Waals surface area contributed by atoms with Gasteiger partial charge in [0.05, 0.1) is 5.60 Å². The molecular weight excluding hydrogens is 343 g/mol. The number of nitrogens with one attached hydrogen (secondary N) is 1. The average Bonchev–Trinajstić information content (AvgIpc) is 3.39. The Balaban J connectivity index is 1.45. The molecule has 3 nitrogen and oxygen atoms in total. The number of alkyl halides is 3. The predicted octanol–water partition coefficient (Wildman–Crippen LogP) is 4.55. The van der Waals surface area contributed by atoms with Crippen molar-refractivity contribution in [3.05, 3.63) is 65.2 Å². The molecule has 0 unspecified atom stereocenters. The molecular formula is C20H22F3NO2. The second-order valence-corrected chi connectivity index (χ2v) is 6.52. The molecule has 6 heteroatoms. The maximum absolute atomic E-state index is 12.3. The van der Waals surface area contributed by atoms with Crippen molar-refractivity contribution in [2.45, 2.75) is 37.8 Å². The van der Waals surface area contributed by atoms with Gasteiger partial charge >= 0.3 is 6.36 Å². The number of rotatable bonds is 8. The highest BCUT2D eigenvalue weighted by atomic mass is 19.4. The molecule has 0 heterocycles. The van der Waals surface area contributed by atoms with E-state index in [0.717, 1.165) is 24.0 Å². The first-order chi connectivity index (χ1) is 12.4. The molecule has 0 radical (unpaired) electrons. The Hall–Kier alpha value is -2.05. The van der Waals surface area contributed by atoms with E-state index in [1.54, 1.807) is 19.2 Å². The van der Waals surface area contributed by atoms with Gasteiger partial charge in [-0.05, 0) is 54.6 Å². The van der Waals surface area contributed by atoms with Crippen molar-refractivity contribution in [1.82, 2.24) is 5.32 Å². The highest BCUT2D eigenvalue weighted by Crippen LogP contribution is 2.48. The number of halogens is 3. The first kappa shape index (κ1) is 18.7. The lowest BCUT2D eigenvalue weighted by molar-refractivity contribution is -0.274. The van der Waals surface area contributed by atoms with Gasteiger partial charge in [-0.1, -0.05) is 36.4 Å². The van der Waals surface area contributed by atoms with Crippen LogP contribution in [0.2, 0.25) is 0 Å². The average molecular weight is 365 g/mol. The molecule has 0 atom stereocenters. The van der Waals surface area contributed by atoms with Crippen LogP contribution < -0.4 is 10.1 Å². The summed E-state index contributed by atoms with van der Waals surface area (Å²) in [6, 6.07) is 14.5. The van der Waals surface area contributed by atoms with Crippen LogP contribution in [-0.2, 0) is 23.3 Å². The molecule has 0 amide bonds. The summed E-state index contributed by atoms with van der Waals surface area (Å²) in [5, 5.41) is 3.31. The van der Waals surface area contributed by atoms with E-state index >= 15 is 0 Å². The minimum absolute atomic E-state index is 0.0739. The number of hydrogen-bond acceptors (Lipinski definition) is 3. The van der Waals surface area contributed by atoms with Crippen LogP contribution in [0.15, 0.2) is 48.5 Å². The fourth-order valence-electron chi connectivity index (χ4n) is 3.01. The van der Waals surface area contributed by atoms with Crippen LogP contribution in [0.4, 0.5) is 13.2 Å². The van der Waals surface area contributed by atoms with Gasteiger partial charge < -0.3 is 14.8 Å². The van der Waals surface area contributed by atoms with Crippen molar-refractivity contribution in [1.29, 1.82) is 0 Å². The van der Waals surface area contributed by atoms with Crippen molar-refractivity contribution in [3.63, 3.8) is 0 Å². The summed E-state index contributed by atoms with van der Waals surface area (Å²) in [4.78, 5) is 0. The van der Waals surface area contributed by atoms with E-state index in [-0.39, 0.29) is 11.4 Å². The SMILES string of the molecule is COC1(c2ccc(CNCCc3cccc(OC(F)(F)F)c3)cc2)CC1. The van der Waals surface area contributed by atoms with Crippen LogP contribution in [0.25, 0.3) is 0 Å². The molecule has 2 aromatic carbocycles. The van der Waals surface area contributed by atoms with E-state index in [1.807, 2.05) is 0 Å². The van der Waals surface area contributed by atoms with Crippen LogP contribution >= 0.6 is 0 Å². The van der Waals surface area contributed by atoms with E-state index in [2.05, 4.69) is 34.3 Å². The van der Waals surface area contributed by atoms with Crippen LogP contribution in [-0.4, -0.2) is 20.0 Å². The zero-order chi connectivity index (χ0) is 18.6. The second-order valence-electron chi connectivity index (χ2n) is 6.52. The quantitative estimate of drug-likeness (QED) is 0.696. The highest BCUT2D eigenvalue weighted by molar-refractivity contribution is 5.31. The van der Waals surface area contributed by atoms with E-state index in [0.29, 0.717) is 19.5 Å². The zero-order valence-electron chi connectivity index (χ0n) is 14.6. The number of methoxy groups -OCH3 is 1. The van der Waals surface area contributed by atoms with Gasteiger partial charge in [-0.3, -0.25) is 0 Å². The van der Waals surface area contributed by atoms with Crippen LogP contribution in [0.5, 0.6) is 5.75 Å². The molecule has 26 heavy (non-hydrogen) atoms. The lowest BCUT2D eigenvalue weighted by Gasteiger charge is -2.14. The van der Waals surface area contributed by atoms with Gasteiger partial charge in [0, 0.05) is 13.7 Å². The normalized spacial score (nSPS) is 15.7. The van der Waals surface area contributed by atoms with Crippen LogP contribution in [0.3, 0.4) is 0 Å². The Kier molecular flexibility index (Phi) is 5.53. The molecule has 1 aliphatic carbocycles. The third kappa shape index (κ3) is 4.99. The van der Waals surface area contributed by atoms with Crippen LogP contribution in [0.1, 0.15) is 29.5 Å². The van der Waals surface area contributed by atoms with Gasteiger partial charge in [0.2, 0.25) is 0 Å². The molecule has 0 aliphatic heterocycles. The third-order valence-electron chi connectivity index (χ3n) is 4.63. The summed E-state index contributed by atoms with van der Waals surface area (Å²) in [7, 11) is 1.75. The Bertz CT molecular complexity index is 725. The lowest BCUT2D eigenvalue weighted by Crippen LogP contribution is -2.18. The predicted molar refractivity (Wildman–Crippen MR) is 92.9 cm³/mol. The van der Waals surface area contributed by atoms with Crippen molar-refractivity contribution >= 4 is 0 Å². The van der Waals surface area contributed by atoms with E-state index in [1.165, 1.54) is 17.7 Å². The monoisotopic (exact) mass is 365 g/mol. The van der Waals surface area contributed by atoms with Gasteiger partial charge in [-0.25, -0.2) is 0 Å². The van der Waals surface area contributed by atoms with Crippen molar-refractivity contribution < 1.29 is 22.6 Å². The minimum atomic E-state index is -4.66. The summed E-state index contributed by atoms with van der Waals surface area (Å²) >= 11 is 0. The summed E-state index contributed by atoms with van der Waals surface area (Å²) < 4.78 is 46.3. The van der Waals surface area contributed by atoms with Crippen molar-refractivity contribution in [2.24, 2.45) is 0 Å². The van der Waals surface area contributed by atoms with Gasteiger partial charge in [-0.2, -0.15) is 0 Å². The maximum atomic E-state index is 12.3. The zero-order valence-corrected chi connectivity index (χ0v) is 14.6. The van der Waals surface area contributed by atoms with E-state index in [4.69, 9.17) is 4.74 Å². The molecule has 0 spiro atoms. The first-order valence-corrected chi connectivity index (χ1v) is 8.60. The standard InChI is InChI=1S/C20H22F3NO2/c1-25-19(10-11-19)17-7-5-16(6-8-17)14-24-12-9-15-3-2-4-18(13-15)26-20(21,22)23/h2-8,13,24H,9-12,14H2,1H3. The second kappa shape index (κ2) is 7.68. The fraction of sp³-hybridized carbons (Fsp3) is 0.400. The molecule has 0 bridgehead atoms. The summed E-state index contributed by atoms with van der Waals surface area (Å²) in [5.41, 5.74) is 3.10. The molecule has 1 N–H and O–H groups in total. The molecule has 0 aromatic heterocycles. The number of hydrogen-bond donors (Lipinski definition) is 1. The topological polar surface area (TPSA) is 30.5 Å². The highest BCUT2D eigenvalue weighted by Gasteiger charge is 2.44. The summed E-state index contributed by atoms with van der Waals surface area (Å²) in [6.07, 6.45) is -1.90. The van der Waals surface area contributed by atoms with Gasteiger partial charge in [-0.15, -0.1) is 13.2 Å². The molecule has 3 rings (SSSR count). The molecule has 1 aliphatic rings. The number of benzene rings is 2. The van der Waals surface area contributed by atoms with Gasteiger partial charge in [0.1, 0.15) is 5.75 Å². The first-order valence-electron chi connectivity index (χ1n) is 8.60. The molecule has 140 valence electrons. The van der Waals surface area contributed by atoms with Gasteiger partial charge in [0.25, 0.3) is 0 Å². The molecule has 0 saturated heterocycles. The van der Waals surface area contributed by atoms with E-state index < -0.39 is 6.36 Å². The Morgan fingerprint density at radius 2 is 1.77 bits per heavy atom. The largest absolute Gasteiger partial charge is 0.573 e. The number of ether oxygens (including phenoxy) is 2. The van der Waals surface area contributed by atoms with Gasteiger partial charge in [0.15, 0.2) is 0 Å². The summed E-state index contributed by atoms with van der Waals surface area (Å²) in [5.74, 6) is -0.183. The van der Waals surface area contributed by atoms with Crippen molar-refractivity contribution in [3.8, 4) is 5.75 Å². The van der Waals surface area contributed by atoms with Crippen LogP contribution in [0, 0.1) is 0 Å². The fourth-order valence-corrected chi connectivity index (χ4v) is 3.01. The van der Waals surface area contributed by atoms with Crippen molar-refractivity contribution in [2.75, 3.05) is 13.7 Å². The Morgan fingerprint density at radius 3 is 2.38 bits per heavy atom.